The molecule has 104 valence electrons. The van der Waals surface area contributed by atoms with Crippen LogP contribution in [0.4, 0.5) is 0 Å². The number of hydrogen-bond acceptors (Lipinski definition) is 4. The smallest absolute Gasteiger partial charge is 0.338 e. The molecule has 0 fully saturated rings. The molecule has 4 nitrogen and oxygen atoms in total. The lowest BCUT2D eigenvalue weighted by Crippen LogP contribution is -2.07. The molecule has 0 aromatic heterocycles. The lowest BCUT2D eigenvalue weighted by Gasteiger charge is -2.07. The van der Waals surface area contributed by atoms with E-state index in [9.17, 15) is 9.59 Å². The fourth-order valence-corrected chi connectivity index (χ4v) is 2.14. The van der Waals surface area contributed by atoms with Gasteiger partial charge < -0.3 is 9.47 Å². The second kappa shape index (κ2) is 7.94. The third-order valence-corrected chi connectivity index (χ3v) is 3.21. The average molecular weight is 329 g/mol. The maximum absolute atomic E-state index is 11.5. The Morgan fingerprint density at radius 1 is 1.16 bits per heavy atom. The Morgan fingerprint density at radius 2 is 1.84 bits per heavy atom. The molecule has 1 aromatic carbocycles. The van der Waals surface area contributed by atoms with Gasteiger partial charge in [-0.2, -0.15) is 0 Å². The molecule has 0 heterocycles. The fraction of sp³-hybridized carbons (Fsp3) is 0.429. The average Bonchev–Trinajstić information content (AvgIpc) is 2.38. The number of benzene rings is 1. The largest absolute Gasteiger partial charge is 0.466 e. The van der Waals surface area contributed by atoms with Gasteiger partial charge in [-0.1, -0.05) is 22.0 Å². The number of ether oxygens (including phenoxy) is 2. The van der Waals surface area contributed by atoms with Crippen LogP contribution in [0.15, 0.2) is 22.7 Å². The summed E-state index contributed by atoms with van der Waals surface area (Å²) in [5.74, 6) is -0.566. The first kappa shape index (κ1) is 15.7. The summed E-state index contributed by atoms with van der Waals surface area (Å²) in [5.41, 5.74) is 1.45. The summed E-state index contributed by atoms with van der Waals surface area (Å²) in [5, 5.41) is 0. The lowest BCUT2D eigenvalue weighted by atomic mass is 10.1. The quantitative estimate of drug-likeness (QED) is 0.753. The van der Waals surface area contributed by atoms with Crippen molar-refractivity contribution in [2.75, 3.05) is 13.2 Å². The highest BCUT2D eigenvalue weighted by atomic mass is 79.9. The maximum Gasteiger partial charge on any atom is 0.338 e. The van der Waals surface area contributed by atoms with Gasteiger partial charge in [-0.3, -0.25) is 4.79 Å². The SMILES string of the molecule is CCOC(=O)CCc1ccc(C(=O)OCC)cc1Br. The number of carbonyl (C=O) groups is 2. The minimum atomic E-state index is -0.347. The van der Waals surface area contributed by atoms with E-state index < -0.39 is 0 Å². The van der Waals surface area contributed by atoms with E-state index in [1.54, 1.807) is 26.0 Å². The van der Waals surface area contributed by atoms with Gasteiger partial charge >= 0.3 is 11.9 Å². The third kappa shape index (κ3) is 5.03. The molecule has 0 aliphatic rings. The molecule has 0 radical (unpaired) electrons. The zero-order chi connectivity index (χ0) is 14.3. The fourth-order valence-electron chi connectivity index (χ4n) is 1.56. The van der Waals surface area contributed by atoms with Gasteiger partial charge in [0.2, 0.25) is 0 Å². The molecule has 0 spiro atoms. The predicted molar refractivity (Wildman–Crippen MR) is 75.1 cm³/mol. The van der Waals surface area contributed by atoms with Crippen LogP contribution in [0.1, 0.15) is 36.2 Å². The van der Waals surface area contributed by atoms with Crippen LogP contribution in [-0.2, 0) is 20.7 Å². The second-order valence-corrected chi connectivity index (χ2v) is 4.69. The van der Waals surface area contributed by atoms with Crippen LogP contribution in [0, 0.1) is 0 Å². The van der Waals surface area contributed by atoms with Crippen molar-refractivity contribution in [1.29, 1.82) is 0 Å². The highest BCUT2D eigenvalue weighted by Crippen LogP contribution is 2.20. The monoisotopic (exact) mass is 328 g/mol. The molecule has 0 aliphatic heterocycles. The van der Waals surface area contributed by atoms with Crippen molar-refractivity contribution in [2.24, 2.45) is 0 Å². The predicted octanol–water partition coefficient (Wildman–Crippen LogP) is 3.12. The van der Waals surface area contributed by atoms with E-state index in [0.717, 1.165) is 10.0 Å². The summed E-state index contributed by atoms with van der Waals surface area (Å²) in [6.07, 6.45) is 0.897. The molecule has 1 rings (SSSR count). The van der Waals surface area contributed by atoms with Gasteiger partial charge in [0.1, 0.15) is 0 Å². The minimum absolute atomic E-state index is 0.219. The standard InChI is InChI=1S/C14H17BrO4/c1-3-18-13(16)8-7-10-5-6-11(9-12(10)15)14(17)19-4-2/h5-6,9H,3-4,7-8H2,1-2H3. The topological polar surface area (TPSA) is 52.6 Å². The third-order valence-electron chi connectivity index (χ3n) is 2.47. The zero-order valence-corrected chi connectivity index (χ0v) is 12.7. The van der Waals surface area contributed by atoms with Gasteiger partial charge in [0.15, 0.2) is 0 Å². The number of carbonyl (C=O) groups excluding carboxylic acids is 2. The van der Waals surface area contributed by atoms with E-state index in [1.807, 2.05) is 6.07 Å². The van der Waals surface area contributed by atoms with Gasteiger partial charge in [0, 0.05) is 10.9 Å². The van der Waals surface area contributed by atoms with E-state index >= 15 is 0 Å². The Morgan fingerprint density at radius 3 is 2.42 bits per heavy atom. The molecule has 0 atom stereocenters. The molecule has 0 saturated heterocycles. The first-order valence-electron chi connectivity index (χ1n) is 6.19. The summed E-state index contributed by atoms with van der Waals surface area (Å²) >= 11 is 3.40. The number of rotatable bonds is 6. The molecule has 0 unspecified atom stereocenters. The van der Waals surface area contributed by atoms with Crippen molar-refractivity contribution < 1.29 is 19.1 Å². The van der Waals surface area contributed by atoms with Crippen LogP contribution in [0.25, 0.3) is 0 Å². The highest BCUT2D eigenvalue weighted by Gasteiger charge is 2.10. The van der Waals surface area contributed by atoms with E-state index in [-0.39, 0.29) is 11.9 Å². The molecule has 5 heteroatoms. The summed E-state index contributed by atoms with van der Waals surface area (Å²) in [6, 6.07) is 5.22. The van der Waals surface area contributed by atoms with Gasteiger partial charge in [-0.25, -0.2) is 4.79 Å². The summed E-state index contributed by atoms with van der Waals surface area (Å²) < 4.78 is 10.6. The van der Waals surface area contributed by atoms with Crippen LogP contribution in [-0.4, -0.2) is 25.2 Å². The molecule has 0 saturated carbocycles. The Labute approximate surface area is 121 Å². The number of halogens is 1. The molecule has 0 bridgehead atoms. The first-order chi connectivity index (χ1) is 9.08. The van der Waals surface area contributed by atoms with Gasteiger partial charge in [-0.15, -0.1) is 0 Å². The van der Waals surface area contributed by atoms with Gasteiger partial charge in [-0.05, 0) is 38.0 Å². The Balaban J connectivity index is 2.67. The van der Waals surface area contributed by atoms with Crippen molar-refractivity contribution in [2.45, 2.75) is 26.7 Å². The number of aryl methyl sites for hydroxylation is 1. The minimum Gasteiger partial charge on any atom is -0.466 e. The first-order valence-corrected chi connectivity index (χ1v) is 6.99. The molecular weight excluding hydrogens is 312 g/mol. The molecule has 0 amide bonds. The molecule has 1 aromatic rings. The van der Waals surface area contributed by atoms with Crippen LogP contribution in [0.5, 0.6) is 0 Å². The highest BCUT2D eigenvalue weighted by molar-refractivity contribution is 9.10. The summed E-state index contributed by atoms with van der Waals surface area (Å²) in [7, 11) is 0. The van der Waals surface area contributed by atoms with Gasteiger partial charge in [0.25, 0.3) is 0 Å². The summed E-state index contributed by atoms with van der Waals surface area (Å²) in [6.45, 7) is 4.28. The zero-order valence-electron chi connectivity index (χ0n) is 11.1. The molecular formula is C14H17BrO4. The van der Waals surface area contributed by atoms with Crippen LogP contribution < -0.4 is 0 Å². The van der Waals surface area contributed by atoms with Crippen LogP contribution in [0.3, 0.4) is 0 Å². The Bertz CT molecular complexity index is 457. The van der Waals surface area contributed by atoms with Crippen molar-refractivity contribution in [3.8, 4) is 0 Å². The number of esters is 2. The Hall–Kier alpha value is -1.36. The van der Waals surface area contributed by atoms with Crippen LogP contribution >= 0.6 is 15.9 Å². The second-order valence-electron chi connectivity index (χ2n) is 3.83. The number of hydrogen-bond donors (Lipinski definition) is 0. The van der Waals surface area contributed by atoms with Gasteiger partial charge in [0.05, 0.1) is 18.8 Å². The van der Waals surface area contributed by atoms with Crippen LogP contribution in [0.2, 0.25) is 0 Å². The lowest BCUT2D eigenvalue weighted by molar-refractivity contribution is -0.143. The normalized spacial score (nSPS) is 10.1. The molecule has 19 heavy (non-hydrogen) atoms. The van der Waals surface area contributed by atoms with E-state index in [0.29, 0.717) is 31.6 Å². The van der Waals surface area contributed by atoms with Crippen molar-refractivity contribution in [3.05, 3.63) is 33.8 Å². The molecule has 0 N–H and O–H groups in total. The van der Waals surface area contributed by atoms with E-state index in [4.69, 9.17) is 9.47 Å². The summed E-state index contributed by atoms with van der Waals surface area (Å²) in [4.78, 5) is 22.8. The van der Waals surface area contributed by atoms with Crippen molar-refractivity contribution in [1.82, 2.24) is 0 Å². The van der Waals surface area contributed by atoms with E-state index in [2.05, 4.69) is 15.9 Å². The van der Waals surface area contributed by atoms with Crippen molar-refractivity contribution in [3.63, 3.8) is 0 Å². The van der Waals surface area contributed by atoms with E-state index in [1.165, 1.54) is 0 Å². The Kier molecular flexibility index (Phi) is 6.56. The van der Waals surface area contributed by atoms with Crippen molar-refractivity contribution >= 4 is 27.9 Å². The maximum atomic E-state index is 11.5. The molecule has 0 aliphatic carbocycles.